The van der Waals surface area contributed by atoms with Gasteiger partial charge in [-0.05, 0) is 25.5 Å². The summed E-state index contributed by atoms with van der Waals surface area (Å²) in [4.78, 5) is 16.7. The van der Waals surface area contributed by atoms with Crippen LogP contribution in [0, 0.1) is 6.92 Å². The number of pyridine rings is 1. The summed E-state index contributed by atoms with van der Waals surface area (Å²) in [6, 6.07) is 9.67. The first-order chi connectivity index (χ1) is 11.8. The number of fused-ring (bicyclic) bond motifs is 1. The first-order valence-corrected chi connectivity index (χ1v) is 8.38. The van der Waals surface area contributed by atoms with Crippen LogP contribution in [-0.2, 0) is 10.9 Å². The standard InChI is InChI=1S/C18H14F3NO2S/c1-3-24-17(23)15-10(2)14-12(18(19,20)21)9-13(22-16(14)25-15)11-7-5-4-6-8-11/h4-9H,3H2,1-2H3. The van der Waals surface area contributed by atoms with Crippen molar-refractivity contribution in [3.05, 3.63) is 52.4 Å². The molecular weight excluding hydrogens is 351 g/mol. The van der Waals surface area contributed by atoms with Crippen LogP contribution in [0.5, 0.6) is 0 Å². The Kier molecular flexibility index (Phi) is 4.51. The summed E-state index contributed by atoms with van der Waals surface area (Å²) in [7, 11) is 0. The molecule has 3 rings (SSSR count). The summed E-state index contributed by atoms with van der Waals surface area (Å²) in [5.41, 5.74) is 0.259. The van der Waals surface area contributed by atoms with Crippen LogP contribution >= 0.6 is 11.3 Å². The number of hydrogen-bond donors (Lipinski definition) is 0. The van der Waals surface area contributed by atoms with Crippen molar-refractivity contribution in [3.63, 3.8) is 0 Å². The molecule has 3 nitrogen and oxygen atoms in total. The summed E-state index contributed by atoms with van der Waals surface area (Å²) >= 11 is 0.925. The molecule has 0 spiro atoms. The Bertz CT molecular complexity index is 933. The molecule has 0 unspecified atom stereocenters. The summed E-state index contributed by atoms with van der Waals surface area (Å²) < 4.78 is 45.8. The van der Waals surface area contributed by atoms with E-state index in [9.17, 15) is 18.0 Å². The molecule has 0 atom stereocenters. The zero-order valence-electron chi connectivity index (χ0n) is 13.5. The van der Waals surface area contributed by atoms with Crippen molar-refractivity contribution >= 4 is 27.5 Å². The second kappa shape index (κ2) is 6.48. The van der Waals surface area contributed by atoms with Gasteiger partial charge in [0.25, 0.3) is 0 Å². The summed E-state index contributed by atoms with van der Waals surface area (Å²) in [5, 5.41) is -0.0414. The molecule has 0 aliphatic heterocycles. The molecule has 0 fully saturated rings. The predicted octanol–water partition coefficient (Wildman–Crippen LogP) is 5.47. The minimum Gasteiger partial charge on any atom is -0.462 e. The molecule has 2 heterocycles. The maximum Gasteiger partial charge on any atom is 0.417 e. The Morgan fingerprint density at radius 1 is 1.24 bits per heavy atom. The molecular formula is C18H14F3NO2S. The number of halogens is 3. The first kappa shape index (κ1) is 17.4. The van der Waals surface area contributed by atoms with Gasteiger partial charge < -0.3 is 4.74 Å². The Morgan fingerprint density at radius 3 is 2.52 bits per heavy atom. The molecule has 3 aromatic rings. The highest BCUT2D eigenvalue weighted by Gasteiger charge is 2.36. The highest BCUT2D eigenvalue weighted by Crippen LogP contribution is 2.42. The van der Waals surface area contributed by atoms with Gasteiger partial charge >= 0.3 is 12.1 Å². The van der Waals surface area contributed by atoms with Gasteiger partial charge in [0.05, 0.1) is 17.9 Å². The number of nitrogens with zero attached hydrogens (tertiary/aromatic N) is 1. The van der Waals surface area contributed by atoms with Gasteiger partial charge in [0.2, 0.25) is 0 Å². The molecule has 25 heavy (non-hydrogen) atoms. The van der Waals surface area contributed by atoms with Crippen molar-refractivity contribution in [1.82, 2.24) is 4.98 Å². The van der Waals surface area contributed by atoms with Crippen molar-refractivity contribution < 1.29 is 22.7 Å². The van der Waals surface area contributed by atoms with E-state index in [4.69, 9.17) is 4.74 Å². The second-order valence-corrected chi connectivity index (χ2v) is 6.37. The summed E-state index contributed by atoms with van der Waals surface area (Å²) in [6.07, 6.45) is -4.55. The molecule has 0 saturated carbocycles. The fourth-order valence-electron chi connectivity index (χ4n) is 2.62. The maximum absolute atomic E-state index is 13.6. The Hall–Kier alpha value is -2.41. The average Bonchev–Trinajstić information content (AvgIpc) is 2.91. The predicted molar refractivity (Wildman–Crippen MR) is 90.8 cm³/mol. The number of esters is 1. The molecule has 0 radical (unpaired) electrons. The highest BCUT2D eigenvalue weighted by atomic mass is 32.1. The number of aromatic nitrogens is 1. The van der Waals surface area contributed by atoms with Crippen LogP contribution in [0.2, 0.25) is 0 Å². The normalized spacial score (nSPS) is 11.7. The van der Waals surface area contributed by atoms with Crippen LogP contribution in [-0.4, -0.2) is 17.6 Å². The largest absolute Gasteiger partial charge is 0.462 e. The van der Waals surface area contributed by atoms with E-state index in [0.717, 1.165) is 17.4 Å². The third-order valence-corrected chi connectivity index (χ3v) is 4.90. The van der Waals surface area contributed by atoms with Crippen molar-refractivity contribution in [1.29, 1.82) is 0 Å². The van der Waals surface area contributed by atoms with Crippen molar-refractivity contribution in [2.24, 2.45) is 0 Å². The molecule has 2 aromatic heterocycles. The number of carbonyl (C=O) groups is 1. The molecule has 0 bridgehead atoms. The maximum atomic E-state index is 13.6. The summed E-state index contributed by atoms with van der Waals surface area (Å²) in [5.74, 6) is -0.627. The van der Waals surface area contributed by atoms with Crippen LogP contribution in [0.1, 0.15) is 27.7 Å². The topological polar surface area (TPSA) is 39.2 Å². The monoisotopic (exact) mass is 365 g/mol. The highest BCUT2D eigenvalue weighted by molar-refractivity contribution is 7.20. The molecule has 0 saturated heterocycles. The molecule has 0 amide bonds. The molecule has 7 heteroatoms. The molecule has 0 aliphatic rings. The lowest BCUT2D eigenvalue weighted by molar-refractivity contribution is -0.136. The van der Waals surface area contributed by atoms with Gasteiger partial charge in [-0.2, -0.15) is 13.2 Å². The Labute approximate surface area is 146 Å². The minimum absolute atomic E-state index is 0.0414. The van der Waals surface area contributed by atoms with E-state index in [1.165, 1.54) is 6.92 Å². The van der Waals surface area contributed by atoms with Crippen molar-refractivity contribution in [2.75, 3.05) is 6.61 Å². The fraction of sp³-hybridized carbons (Fsp3) is 0.222. The molecule has 130 valence electrons. The van der Waals surface area contributed by atoms with Gasteiger partial charge in [0.1, 0.15) is 9.71 Å². The number of thiophene rings is 1. The van der Waals surface area contributed by atoms with Gasteiger partial charge in [0.15, 0.2) is 0 Å². The third kappa shape index (κ3) is 3.24. The Balaban J connectivity index is 2.29. The number of ether oxygens (including phenoxy) is 1. The number of carbonyl (C=O) groups excluding carboxylic acids is 1. The number of hydrogen-bond acceptors (Lipinski definition) is 4. The zero-order chi connectivity index (χ0) is 18.2. The van der Waals surface area contributed by atoms with Crippen LogP contribution in [0.25, 0.3) is 21.5 Å². The first-order valence-electron chi connectivity index (χ1n) is 7.56. The number of rotatable bonds is 3. The van der Waals surface area contributed by atoms with Crippen molar-refractivity contribution in [2.45, 2.75) is 20.0 Å². The van der Waals surface area contributed by atoms with Gasteiger partial charge in [-0.1, -0.05) is 30.3 Å². The smallest absolute Gasteiger partial charge is 0.417 e. The van der Waals surface area contributed by atoms with Gasteiger partial charge in [-0.15, -0.1) is 11.3 Å². The van der Waals surface area contributed by atoms with E-state index in [-0.39, 0.29) is 33.0 Å². The zero-order valence-corrected chi connectivity index (χ0v) is 14.3. The Morgan fingerprint density at radius 2 is 1.92 bits per heavy atom. The van der Waals surface area contributed by atoms with Crippen LogP contribution in [0.15, 0.2) is 36.4 Å². The van der Waals surface area contributed by atoms with E-state index in [2.05, 4.69) is 4.98 Å². The fourth-order valence-corrected chi connectivity index (χ4v) is 3.72. The molecule has 0 N–H and O–H groups in total. The van der Waals surface area contributed by atoms with Gasteiger partial charge in [-0.3, -0.25) is 0 Å². The van der Waals surface area contributed by atoms with E-state index in [1.54, 1.807) is 37.3 Å². The van der Waals surface area contributed by atoms with Gasteiger partial charge in [0, 0.05) is 10.9 Å². The van der Waals surface area contributed by atoms with E-state index in [0.29, 0.717) is 5.56 Å². The lowest BCUT2D eigenvalue weighted by atomic mass is 10.0. The van der Waals surface area contributed by atoms with Crippen LogP contribution in [0.4, 0.5) is 13.2 Å². The van der Waals surface area contributed by atoms with E-state index < -0.39 is 17.7 Å². The second-order valence-electron chi connectivity index (χ2n) is 5.38. The van der Waals surface area contributed by atoms with Crippen LogP contribution < -0.4 is 0 Å². The lowest BCUT2D eigenvalue weighted by Gasteiger charge is -2.11. The number of alkyl halides is 3. The van der Waals surface area contributed by atoms with Gasteiger partial charge in [-0.25, -0.2) is 9.78 Å². The van der Waals surface area contributed by atoms with E-state index in [1.807, 2.05) is 0 Å². The minimum atomic E-state index is -4.55. The molecule has 1 aromatic carbocycles. The quantitative estimate of drug-likeness (QED) is 0.578. The number of aryl methyl sites for hydroxylation is 1. The molecule has 0 aliphatic carbocycles. The summed E-state index contributed by atoms with van der Waals surface area (Å²) in [6.45, 7) is 3.29. The van der Waals surface area contributed by atoms with Crippen molar-refractivity contribution in [3.8, 4) is 11.3 Å². The SMILES string of the molecule is CCOC(=O)c1sc2nc(-c3ccccc3)cc(C(F)(F)F)c2c1C. The average molecular weight is 365 g/mol. The third-order valence-electron chi connectivity index (χ3n) is 3.74. The lowest BCUT2D eigenvalue weighted by Crippen LogP contribution is -2.08. The van der Waals surface area contributed by atoms with E-state index >= 15 is 0 Å². The van der Waals surface area contributed by atoms with Crippen LogP contribution in [0.3, 0.4) is 0 Å². The number of benzene rings is 1.